The number of nitrogen functional groups attached to an aromatic ring is 1. The van der Waals surface area contributed by atoms with Crippen molar-refractivity contribution in [3.8, 4) is 11.6 Å². The molecule has 3 N–H and O–H groups in total. The Morgan fingerprint density at radius 3 is 2.86 bits per heavy atom. The second kappa shape index (κ2) is 6.62. The minimum Gasteiger partial charge on any atom is -0.437 e. The van der Waals surface area contributed by atoms with Crippen molar-refractivity contribution in [3.63, 3.8) is 0 Å². The molecular formula is C16H20N4O2. The highest BCUT2D eigenvalue weighted by molar-refractivity contribution is 5.67. The number of nitrogens with two attached hydrogens (primary N) is 1. The Labute approximate surface area is 129 Å². The molecule has 0 spiro atoms. The monoisotopic (exact) mass is 300 g/mol. The van der Waals surface area contributed by atoms with Crippen LogP contribution in [0.15, 0.2) is 30.6 Å². The number of aromatic nitrogens is 2. The van der Waals surface area contributed by atoms with Crippen LogP contribution in [0.5, 0.6) is 11.6 Å². The predicted molar refractivity (Wildman–Crippen MR) is 85.2 cm³/mol. The van der Waals surface area contributed by atoms with E-state index in [1.165, 1.54) is 11.9 Å². The smallest absolute Gasteiger partial charge is 0.248 e. The van der Waals surface area contributed by atoms with E-state index in [1.807, 2.05) is 31.2 Å². The van der Waals surface area contributed by atoms with E-state index < -0.39 is 0 Å². The number of hydrogen-bond donors (Lipinski definition) is 2. The molecule has 0 saturated carbocycles. The Kier molecular flexibility index (Phi) is 4.39. The van der Waals surface area contributed by atoms with E-state index in [0.717, 1.165) is 19.4 Å². The van der Waals surface area contributed by atoms with Gasteiger partial charge >= 0.3 is 0 Å². The minimum atomic E-state index is 0.218. The molecule has 0 aliphatic carbocycles. The van der Waals surface area contributed by atoms with Gasteiger partial charge in [0.15, 0.2) is 5.82 Å². The number of nitrogens with zero attached hydrogens (tertiary/aromatic N) is 2. The second-order valence-corrected chi connectivity index (χ2v) is 5.37. The van der Waals surface area contributed by atoms with Gasteiger partial charge < -0.3 is 20.5 Å². The highest BCUT2D eigenvalue weighted by Gasteiger charge is 2.17. The van der Waals surface area contributed by atoms with Crippen molar-refractivity contribution in [1.82, 2.24) is 9.97 Å². The van der Waals surface area contributed by atoms with Gasteiger partial charge in [0.05, 0.1) is 6.10 Å². The summed E-state index contributed by atoms with van der Waals surface area (Å²) < 4.78 is 11.3. The van der Waals surface area contributed by atoms with Crippen LogP contribution in [0.1, 0.15) is 18.4 Å². The molecule has 0 bridgehead atoms. The van der Waals surface area contributed by atoms with Gasteiger partial charge in [-0.1, -0.05) is 17.7 Å². The van der Waals surface area contributed by atoms with E-state index in [0.29, 0.717) is 29.7 Å². The molecule has 1 saturated heterocycles. The first-order chi connectivity index (χ1) is 10.7. The molecule has 1 unspecified atom stereocenters. The van der Waals surface area contributed by atoms with Crippen molar-refractivity contribution in [2.75, 3.05) is 24.2 Å². The third-order valence-electron chi connectivity index (χ3n) is 3.60. The van der Waals surface area contributed by atoms with Crippen LogP contribution >= 0.6 is 0 Å². The van der Waals surface area contributed by atoms with Gasteiger partial charge in [-0.3, -0.25) is 0 Å². The van der Waals surface area contributed by atoms with Gasteiger partial charge in [-0.05, 0) is 31.9 Å². The molecule has 2 heterocycles. The summed E-state index contributed by atoms with van der Waals surface area (Å²) in [6.45, 7) is 3.54. The van der Waals surface area contributed by atoms with Crippen LogP contribution in [0.2, 0.25) is 0 Å². The molecule has 116 valence electrons. The maximum atomic E-state index is 6.09. The van der Waals surface area contributed by atoms with Crippen molar-refractivity contribution in [3.05, 3.63) is 36.2 Å². The second-order valence-electron chi connectivity index (χ2n) is 5.37. The van der Waals surface area contributed by atoms with E-state index in [2.05, 4.69) is 15.3 Å². The largest absolute Gasteiger partial charge is 0.437 e. The number of aryl methyl sites for hydroxylation is 1. The Hall–Kier alpha value is -2.34. The van der Waals surface area contributed by atoms with E-state index in [9.17, 15) is 0 Å². The van der Waals surface area contributed by atoms with Gasteiger partial charge in [0.1, 0.15) is 17.8 Å². The number of nitrogens with one attached hydrogen (secondary N) is 1. The first-order valence-corrected chi connectivity index (χ1v) is 7.43. The van der Waals surface area contributed by atoms with Crippen LogP contribution in [0, 0.1) is 6.92 Å². The minimum absolute atomic E-state index is 0.218. The summed E-state index contributed by atoms with van der Waals surface area (Å²) in [6.07, 6.45) is 3.83. The summed E-state index contributed by atoms with van der Waals surface area (Å²) in [4.78, 5) is 8.28. The van der Waals surface area contributed by atoms with E-state index >= 15 is 0 Å². The number of ether oxygens (including phenoxy) is 2. The SMILES string of the molecule is Cc1ccc(Oc2ncnc(NCC3CCCO3)c2N)cc1. The Morgan fingerprint density at radius 2 is 2.14 bits per heavy atom. The third kappa shape index (κ3) is 3.46. The quantitative estimate of drug-likeness (QED) is 0.883. The summed E-state index contributed by atoms with van der Waals surface area (Å²) in [5.74, 6) is 1.63. The van der Waals surface area contributed by atoms with Crippen molar-refractivity contribution >= 4 is 11.5 Å². The zero-order chi connectivity index (χ0) is 15.4. The lowest BCUT2D eigenvalue weighted by molar-refractivity contribution is 0.120. The van der Waals surface area contributed by atoms with Crippen LogP contribution in [0.3, 0.4) is 0 Å². The van der Waals surface area contributed by atoms with Gasteiger partial charge in [0, 0.05) is 13.2 Å². The fourth-order valence-corrected chi connectivity index (χ4v) is 2.34. The molecule has 6 heteroatoms. The molecular weight excluding hydrogens is 280 g/mol. The summed E-state index contributed by atoms with van der Waals surface area (Å²) in [5, 5.41) is 3.21. The van der Waals surface area contributed by atoms with Gasteiger partial charge in [0.2, 0.25) is 5.88 Å². The zero-order valence-corrected chi connectivity index (χ0v) is 12.6. The molecule has 2 aromatic rings. The average Bonchev–Trinajstić information content (AvgIpc) is 3.04. The van der Waals surface area contributed by atoms with Crippen LogP contribution in [0.4, 0.5) is 11.5 Å². The van der Waals surface area contributed by atoms with Crippen molar-refractivity contribution in [2.45, 2.75) is 25.9 Å². The molecule has 6 nitrogen and oxygen atoms in total. The normalized spacial score (nSPS) is 17.4. The van der Waals surface area contributed by atoms with E-state index in [4.69, 9.17) is 15.2 Å². The predicted octanol–water partition coefficient (Wildman–Crippen LogP) is 2.75. The lowest BCUT2D eigenvalue weighted by Crippen LogP contribution is -2.19. The summed E-state index contributed by atoms with van der Waals surface area (Å²) in [5.41, 5.74) is 7.66. The molecule has 1 aromatic carbocycles. The summed E-state index contributed by atoms with van der Waals surface area (Å²) in [6, 6.07) is 7.72. The fraction of sp³-hybridized carbons (Fsp3) is 0.375. The standard InChI is InChI=1S/C16H20N4O2/c1-11-4-6-12(7-5-11)22-16-14(17)15(19-10-20-16)18-9-13-3-2-8-21-13/h4-7,10,13H,2-3,8-9,17H2,1H3,(H,18,19,20). The molecule has 3 rings (SSSR count). The van der Waals surface area contributed by atoms with Crippen LogP contribution in [-0.2, 0) is 4.74 Å². The lowest BCUT2D eigenvalue weighted by Gasteiger charge is -2.14. The Balaban J connectivity index is 1.69. The molecule has 1 aromatic heterocycles. The zero-order valence-electron chi connectivity index (χ0n) is 12.6. The molecule has 0 radical (unpaired) electrons. The van der Waals surface area contributed by atoms with Gasteiger partial charge in [-0.25, -0.2) is 4.98 Å². The highest BCUT2D eigenvalue weighted by atomic mass is 16.5. The van der Waals surface area contributed by atoms with Crippen LogP contribution in [0.25, 0.3) is 0 Å². The van der Waals surface area contributed by atoms with Gasteiger partial charge in [0.25, 0.3) is 0 Å². The molecule has 1 atom stereocenters. The molecule has 1 fully saturated rings. The number of anilines is 2. The summed E-state index contributed by atoms with van der Waals surface area (Å²) in [7, 11) is 0. The maximum absolute atomic E-state index is 6.09. The van der Waals surface area contributed by atoms with E-state index in [-0.39, 0.29) is 6.10 Å². The van der Waals surface area contributed by atoms with Crippen molar-refractivity contribution in [2.24, 2.45) is 0 Å². The molecule has 22 heavy (non-hydrogen) atoms. The van der Waals surface area contributed by atoms with Crippen molar-refractivity contribution in [1.29, 1.82) is 0 Å². The Morgan fingerprint density at radius 1 is 1.32 bits per heavy atom. The average molecular weight is 300 g/mol. The number of benzene rings is 1. The first kappa shape index (κ1) is 14.6. The fourth-order valence-electron chi connectivity index (χ4n) is 2.34. The number of rotatable bonds is 5. The topological polar surface area (TPSA) is 82.3 Å². The lowest BCUT2D eigenvalue weighted by atomic mass is 10.2. The third-order valence-corrected chi connectivity index (χ3v) is 3.60. The molecule has 1 aliphatic heterocycles. The Bertz CT molecular complexity index is 625. The van der Waals surface area contributed by atoms with Crippen LogP contribution in [-0.4, -0.2) is 29.2 Å². The maximum Gasteiger partial charge on any atom is 0.248 e. The van der Waals surface area contributed by atoms with Crippen LogP contribution < -0.4 is 15.8 Å². The van der Waals surface area contributed by atoms with Gasteiger partial charge in [-0.2, -0.15) is 4.98 Å². The molecule has 0 amide bonds. The molecule has 1 aliphatic rings. The van der Waals surface area contributed by atoms with Gasteiger partial charge in [-0.15, -0.1) is 0 Å². The first-order valence-electron chi connectivity index (χ1n) is 7.43. The number of hydrogen-bond acceptors (Lipinski definition) is 6. The highest BCUT2D eigenvalue weighted by Crippen LogP contribution is 2.29. The summed E-state index contributed by atoms with van der Waals surface area (Å²) >= 11 is 0. The van der Waals surface area contributed by atoms with Crippen molar-refractivity contribution < 1.29 is 9.47 Å². The van der Waals surface area contributed by atoms with E-state index in [1.54, 1.807) is 0 Å².